The standard InChI is InChI=1S/C32H39NO4.2H2O/c1-31(2,30(35)36)25-17-15-24(16-18-25)29(34)14-9-21-33-22-19-28(20-23-33)32(37,26-10-5-3-6-11-26)27-12-7-4-8-13-27;;/h3-8,10-13,15-18,28-29,34,37H,9,14,19-23H2,1-2H3,(H,35,36);2*1H2/t29-;;/m1../s1. The van der Waals surface area contributed by atoms with Crippen LogP contribution < -0.4 is 10.0 Å². The Bertz CT molecular complexity index is 1100. The van der Waals surface area contributed by atoms with Gasteiger partial charge < -0.3 is 36.0 Å². The predicted molar refractivity (Wildman–Crippen MR) is 150 cm³/mol. The van der Waals surface area contributed by atoms with Crippen molar-refractivity contribution in [3.8, 4) is 0 Å². The molecule has 7 nitrogen and oxygen atoms in total. The van der Waals surface area contributed by atoms with Crippen molar-refractivity contribution in [3.63, 3.8) is 0 Å². The van der Waals surface area contributed by atoms with Crippen molar-refractivity contribution in [1.29, 1.82) is 0 Å². The van der Waals surface area contributed by atoms with Crippen molar-refractivity contribution in [1.82, 2.24) is 0 Å². The Labute approximate surface area is 231 Å². The number of nitrogens with one attached hydrogen (secondary N) is 1. The van der Waals surface area contributed by atoms with E-state index in [1.807, 2.05) is 72.8 Å². The van der Waals surface area contributed by atoms with Gasteiger partial charge in [0.2, 0.25) is 0 Å². The van der Waals surface area contributed by atoms with Gasteiger partial charge in [0.1, 0.15) is 5.60 Å². The second-order valence-electron chi connectivity index (χ2n) is 11.0. The first kappa shape index (κ1) is 32.1. The van der Waals surface area contributed by atoms with E-state index < -0.39 is 23.1 Å². The highest BCUT2D eigenvalue weighted by atomic mass is 16.4. The van der Waals surface area contributed by atoms with Gasteiger partial charge in [0.05, 0.1) is 31.7 Å². The average molecular weight is 538 g/mol. The fourth-order valence-corrected chi connectivity index (χ4v) is 5.67. The number of aliphatic hydroxyl groups is 2. The summed E-state index contributed by atoms with van der Waals surface area (Å²) in [6.45, 7) is 6.22. The number of hydrogen-bond acceptors (Lipinski definition) is 4. The molecule has 39 heavy (non-hydrogen) atoms. The van der Waals surface area contributed by atoms with Crippen molar-refractivity contribution in [2.75, 3.05) is 19.6 Å². The summed E-state index contributed by atoms with van der Waals surface area (Å²) in [6.07, 6.45) is 2.86. The van der Waals surface area contributed by atoms with Crippen LogP contribution in [0, 0.1) is 5.92 Å². The van der Waals surface area contributed by atoms with Gasteiger partial charge >= 0.3 is 0 Å². The zero-order chi connectivity index (χ0) is 26.5. The number of hydrogen-bond donors (Lipinski definition) is 3. The van der Waals surface area contributed by atoms with E-state index in [1.54, 1.807) is 26.0 Å². The first-order valence-corrected chi connectivity index (χ1v) is 13.4. The van der Waals surface area contributed by atoms with Gasteiger partial charge in [0.25, 0.3) is 0 Å². The molecule has 7 heteroatoms. The third-order valence-electron chi connectivity index (χ3n) is 8.25. The first-order valence-electron chi connectivity index (χ1n) is 13.4. The molecule has 3 aromatic rings. The number of carboxylic acid groups (broad SMARTS) is 1. The van der Waals surface area contributed by atoms with Crippen LogP contribution in [0.25, 0.3) is 0 Å². The lowest BCUT2D eigenvalue weighted by Gasteiger charge is -2.41. The van der Waals surface area contributed by atoms with E-state index >= 15 is 0 Å². The van der Waals surface area contributed by atoms with Crippen LogP contribution in [0.15, 0.2) is 84.9 Å². The Balaban J connectivity index is 0.00000267. The molecule has 3 aromatic carbocycles. The van der Waals surface area contributed by atoms with Gasteiger partial charge in [-0.2, -0.15) is 0 Å². The highest BCUT2D eigenvalue weighted by Crippen LogP contribution is 2.40. The zero-order valence-corrected chi connectivity index (χ0v) is 22.9. The molecule has 1 saturated heterocycles. The van der Waals surface area contributed by atoms with Gasteiger partial charge in [-0.1, -0.05) is 98.8 Å². The molecule has 1 atom stereocenters. The molecular formula is C32H43NO6. The van der Waals surface area contributed by atoms with Crippen LogP contribution in [0.5, 0.6) is 0 Å². The Morgan fingerprint density at radius 1 is 0.872 bits per heavy atom. The van der Waals surface area contributed by atoms with Gasteiger partial charge in [-0.25, -0.2) is 0 Å². The van der Waals surface area contributed by atoms with Gasteiger partial charge in [-0.3, -0.25) is 0 Å². The molecule has 1 aliphatic heterocycles. The number of quaternary nitrogens is 1. The smallest absolute Gasteiger partial charge is 0.118 e. The lowest BCUT2D eigenvalue weighted by molar-refractivity contribution is -0.906. The van der Waals surface area contributed by atoms with Crippen LogP contribution >= 0.6 is 0 Å². The maximum absolute atomic E-state index is 12.1. The van der Waals surface area contributed by atoms with Gasteiger partial charge in [-0.05, 0) is 35.1 Å². The number of carbonyl (C=O) groups is 1. The quantitative estimate of drug-likeness (QED) is 0.355. The Kier molecular flexibility index (Phi) is 11.4. The molecule has 0 bridgehead atoms. The predicted octanol–water partition coefficient (Wildman–Crippen LogP) is 1.11. The third kappa shape index (κ3) is 7.12. The highest BCUT2D eigenvalue weighted by molar-refractivity contribution is 5.78. The van der Waals surface area contributed by atoms with E-state index in [9.17, 15) is 20.1 Å². The zero-order valence-electron chi connectivity index (χ0n) is 22.9. The number of piperidine rings is 1. The lowest BCUT2D eigenvalue weighted by Crippen LogP contribution is -3.13. The number of rotatable bonds is 10. The van der Waals surface area contributed by atoms with Crippen molar-refractivity contribution < 1.29 is 36.0 Å². The van der Waals surface area contributed by atoms with Crippen molar-refractivity contribution in [3.05, 3.63) is 107 Å². The molecule has 0 aliphatic carbocycles. The summed E-state index contributed by atoms with van der Waals surface area (Å²) in [5.41, 5.74) is 1.32. The Hall–Kier alpha value is -3.07. The number of carboxylic acids is 1. The minimum atomic E-state index is -1.11. The average Bonchev–Trinajstić information content (AvgIpc) is 2.94. The maximum atomic E-state index is 12.1. The second-order valence-corrected chi connectivity index (χ2v) is 11.0. The van der Waals surface area contributed by atoms with Gasteiger partial charge in [-0.15, -0.1) is 0 Å². The summed E-state index contributed by atoms with van der Waals surface area (Å²) < 4.78 is 0. The van der Waals surface area contributed by atoms with E-state index in [1.165, 1.54) is 4.90 Å². The summed E-state index contributed by atoms with van der Waals surface area (Å²) in [5.74, 6) is -0.964. The number of benzene rings is 3. The Morgan fingerprint density at radius 3 is 1.82 bits per heavy atom. The number of carbonyl (C=O) groups excluding carboxylic acids is 1. The molecule has 1 fully saturated rings. The van der Waals surface area contributed by atoms with Crippen LogP contribution in [0.3, 0.4) is 0 Å². The topological polar surface area (TPSA) is 148 Å². The summed E-state index contributed by atoms with van der Waals surface area (Å²) in [5, 5.41) is 34.1. The molecule has 0 radical (unpaired) electrons. The molecule has 0 amide bonds. The van der Waals surface area contributed by atoms with Crippen LogP contribution in [-0.4, -0.2) is 46.8 Å². The maximum Gasteiger partial charge on any atom is 0.118 e. The lowest BCUT2D eigenvalue weighted by atomic mass is 9.72. The SMILES string of the molecule is CC(C)(C(=O)[O-])c1ccc([C@H](O)CCC[NH+]2CCC(C(O)(c3ccccc3)c3ccccc3)CC2)cc1.O.O. The van der Waals surface area contributed by atoms with Gasteiger partial charge in [0, 0.05) is 24.2 Å². The molecule has 7 N–H and O–H groups in total. The van der Waals surface area contributed by atoms with Crippen LogP contribution in [0.2, 0.25) is 0 Å². The normalized spacial score (nSPS) is 18.4. The van der Waals surface area contributed by atoms with Crippen molar-refractivity contribution >= 4 is 5.97 Å². The molecule has 0 aromatic heterocycles. The molecule has 0 saturated carbocycles. The van der Waals surface area contributed by atoms with Crippen LogP contribution in [-0.2, 0) is 15.8 Å². The highest BCUT2D eigenvalue weighted by Gasteiger charge is 2.42. The van der Waals surface area contributed by atoms with Crippen LogP contribution in [0.4, 0.5) is 0 Å². The fourth-order valence-electron chi connectivity index (χ4n) is 5.67. The van der Waals surface area contributed by atoms with Crippen molar-refractivity contribution in [2.24, 2.45) is 5.92 Å². The molecule has 4 rings (SSSR count). The summed E-state index contributed by atoms with van der Waals surface area (Å²) in [6, 6.07) is 27.2. The Morgan fingerprint density at radius 2 is 1.36 bits per heavy atom. The molecule has 1 aliphatic rings. The second kappa shape index (κ2) is 13.8. The largest absolute Gasteiger partial charge is 0.549 e. The summed E-state index contributed by atoms with van der Waals surface area (Å²) in [7, 11) is 0. The first-order chi connectivity index (χ1) is 17.7. The van der Waals surface area contributed by atoms with Crippen LogP contribution in [0.1, 0.15) is 67.9 Å². The minimum absolute atomic E-state index is 0. The van der Waals surface area contributed by atoms with Crippen molar-refractivity contribution in [2.45, 2.75) is 56.7 Å². The minimum Gasteiger partial charge on any atom is -0.549 e. The van der Waals surface area contributed by atoms with E-state index in [0.29, 0.717) is 12.0 Å². The molecule has 1 heterocycles. The molecule has 0 spiro atoms. The monoisotopic (exact) mass is 537 g/mol. The fraction of sp³-hybridized carbons (Fsp3) is 0.406. The number of likely N-dealkylation sites (tertiary alicyclic amines) is 1. The number of aliphatic carboxylic acids is 1. The third-order valence-corrected chi connectivity index (χ3v) is 8.25. The summed E-state index contributed by atoms with van der Waals surface area (Å²) in [4.78, 5) is 12.9. The van der Waals surface area contributed by atoms with E-state index in [4.69, 9.17) is 0 Å². The summed E-state index contributed by atoms with van der Waals surface area (Å²) >= 11 is 0. The number of aliphatic hydroxyl groups excluding tert-OH is 1. The molecule has 0 unspecified atom stereocenters. The van der Waals surface area contributed by atoms with E-state index in [2.05, 4.69) is 0 Å². The molecule has 212 valence electrons. The van der Waals surface area contributed by atoms with E-state index in [0.717, 1.165) is 55.6 Å². The molecular weight excluding hydrogens is 494 g/mol. The van der Waals surface area contributed by atoms with E-state index in [-0.39, 0.29) is 16.9 Å². The van der Waals surface area contributed by atoms with Gasteiger partial charge in [0.15, 0.2) is 0 Å².